The standard InChI is InChI=1S/C23H29N3O2/c1-3-5-12-24-18-10-8-16-20-17(23(28)26(22(16)27)15-6-4-2)9-11-19(21(18)20)25-13-7-14-25/h8-11,24H,3-7,12-15H2,1-2H3. The summed E-state index contributed by atoms with van der Waals surface area (Å²) in [6.45, 7) is 7.67. The summed E-state index contributed by atoms with van der Waals surface area (Å²) >= 11 is 0. The highest BCUT2D eigenvalue weighted by atomic mass is 16.2. The molecule has 0 aromatic heterocycles. The van der Waals surface area contributed by atoms with E-state index in [0.29, 0.717) is 17.7 Å². The van der Waals surface area contributed by atoms with Gasteiger partial charge in [0, 0.05) is 59.5 Å². The van der Waals surface area contributed by atoms with E-state index < -0.39 is 0 Å². The van der Waals surface area contributed by atoms with E-state index in [1.807, 2.05) is 18.2 Å². The van der Waals surface area contributed by atoms with Crippen molar-refractivity contribution in [2.24, 2.45) is 0 Å². The van der Waals surface area contributed by atoms with Crippen LogP contribution in [0.2, 0.25) is 0 Å². The fourth-order valence-corrected chi connectivity index (χ4v) is 4.10. The molecule has 0 saturated carbocycles. The minimum Gasteiger partial charge on any atom is -0.384 e. The Kier molecular flexibility index (Phi) is 5.25. The Morgan fingerprint density at radius 3 is 2.18 bits per heavy atom. The van der Waals surface area contributed by atoms with Gasteiger partial charge in [0.25, 0.3) is 11.8 Å². The van der Waals surface area contributed by atoms with Crippen molar-refractivity contribution < 1.29 is 9.59 Å². The smallest absolute Gasteiger partial charge is 0.261 e. The Balaban J connectivity index is 1.87. The lowest BCUT2D eigenvalue weighted by atomic mass is 9.90. The normalized spacial score (nSPS) is 15.9. The Morgan fingerprint density at radius 2 is 1.57 bits per heavy atom. The molecule has 2 aromatic carbocycles. The summed E-state index contributed by atoms with van der Waals surface area (Å²) in [5.41, 5.74) is 3.47. The van der Waals surface area contributed by atoms with E-state index in [1.54, 1.807) is 0 Å². The molecule has 0 radical (unpaired) electrons. The number of unbranched alkanes of at least 4 members (excludes halogenated alkanes) is 2. The third kappa shape index (κ3) is 3.03. The van der Waals surface area contributed by atoms with Crippen LogP contribution in [0.1, 0.15) is 66.7 Å². The van der Waals surface area contributed by atoms with Crippen molar-refractivity contribution in [1.82, 2.24) is 4.90 Å². The molecular weight excluding hydrogens is 350 g/mol. The third-order valence-corrected chi connectivity index (χ3v) is 5.87. The highest BCUT2D eigenvalue weighted by Gasteiger charge is 2.34. The van der Waals surface area contributed by atoms with Crippen molar-refractivity contribution in [2.45, 2.75) is 46.0 Å². The number of carbonyl (C=O) groups excluding carboxylic acids is 2. The summed E-state index contributed by atoms with van der Waals surface area (Å²) in [6, 6.07) is 7.90. The summed E-state index contributed by atoms with van der Waals surface area (Å²) < 4.78 is 0. The summed E-state index contributed by atoms with van der Waals surface area (Å²) in [5.74, 6) is -0.311. The van der Waals surface area contributed by atoms with E-state index in [4.69, 9.17) is 0 Å². The maximum atomic E-state index is 13.1. The molecule has 2 aromatic rings. The number of rotatable bonds is 8. The minimum absolute atomic E-state index is 0.156. The average molecular weight is 380 g/mol. The molecule has 0 aliphatic carbocycles. The Morgan fingerprint density at radius 1 is 0.893 bits per heavy atom. The number of hydrogen-bond donors (Lipinski definition) is 1. The largest absolute Gasteiger partial charge is 0.384 e. The van der Waals surface area contributed by atoms with Gasteiger partial charge < -0.3 is 10.2 Å². The summed E-state index contributed by atoms with van der Waals surface area (Å²) in [7, 11) is 0. The Labute approximate surface area is 166 Å². The molecule has 148 valence electrons. The van der Waals surface area contributed by atoms with Crippen LogP contribution in [-0.4, -0.2) is 42.9 Å². The first kappa shape index (κ1) is 18.8. The van der Waals surface area contributed by atoms with Gasteiger partial charge >= 0.3 is 0 Å². The first-order valence-corrected chi connectivity index (χ1v) is 10.6. The van der Waals surface area contributed by atoms with Crippen LogP contribution in [0.25, 0.3) is 10.8 Å². The Hall–Kier alpha value is -2.56. The number of anilines is 2. The predicted octanol–water partition coefficient (Wildman–Crippen LogP) is 4.66. The zero-order valence-electron chi connectivity index (χ0n) is 16.9. The van der Waals surface area contributed by atoms with Gasteiger partial charge in [0.15, 0.2) is 0 Å². The van der Waals surface area contributed by atoms with Crippen LogP contribution in [0.5, 0.6) is 0 Å². The molecule has 2 amide bonds. The summed E-state index contributed by atoms with van der Waals surface area (Å²) in [6.07, 6.45) is 5.18. The summed E-state index contributed by atoms with van der Waals surface area (Å²) in [5, 5.41) is 5.40. The van der Waals surface area contributed by atoms with Crippen molar-refractivity contribution in [3.05, 3.63) is 35.4 Å². The minimum atomic E-state index is -0.156. The van der Waals surface area contributed by atoms with Crippen LogP contribution in [0.15, 0.2) is 24.3 Å². The van der Waals surface area contributed by atoms with Gasteiger partial charge in [-0.1, -0.05) is 26.7 Å². The maximum absolute atomic E-state index is 13.1. The molecule has 5 nitrogen and oxygen atoms in total. The van der Waals surface area contributed by atoms with Crippen LogP contribution < -0.4 is 10.2 Å². The maximum Gasteiger partial charge on any atom is 0.261 e. The lowest BCUT2D eigenvalue weighted by molar-refractivity contribution is 0.0608. The van der Waals surface area contributed by atoms with E-state index >= 15 is 0 Å². The lowest BCUT2D eigenvalue weighted by Crippen LogP contribution is -2.41. The molecule has 1 fully saturated rings. The highest BCUT2D eigenvalue weighted by molar-refractivity contribution is 6.28. The van der Waals surface area contributed by atoms with Crippen LogP contribution in [-0.2, 0) is 0 Å². The first-order chi connectivity index (χ1) is 13.7. The second-order valence-electron chi connectivity index (χ2n) is 7.78. The van der Waals surface area contributed by atoms with Gasteiger partial charge in [0.2, 0.25) is 0 Å². The van der Waals surface area contributed by atoms with E-state index in [0.717, 1.165) is 67.5 Å². The van der Waals surface area contributed by atoms with Crippen LogP contribution in [0.4, 0.5) is 11.4 Å². The molecule has 5 heteroatoms. The fourth-order valence-electron chi connectivity index (χ4n) is 4.10. The van der Waals surface area contributed by atoms with E-state index in [-0.39, 0.29) is 11.8 Å². The number of carbonyl (C=O) groups is 2. The van der Waals surface area contributed by atoms with Gasteiger partial charge in [-0.15, -0.1) is 0 Å². The molecule has 2 heterocycles. The Bertz CT molecular complexity index is 895. The van der Waals surface area contributed by atoms with Gasteiger partial charge in [0.1, 0.15) is 0 Å². The van der Waals surface area contributed by atoms with Gasteiger partial charge in [-0.05, 0) is 43.5 Å². The SMILES string of the molecule is CCCCNc1ccc2c3c(ccc(N4CCC4)c13)C(=O)N(CCCC)C2=O. The van der Waals surface area contributed by atoms with Gasteiger partial charge in [-0.2, -0.15) is 0 Å². The van der Waals surface area contributed by atoms with Crippen molar-refractivity contribution in [2.75, 3.05) is 36.4 Å². The summed E-state index contributed by atoms with van der Waals surface area (Å²) in [4.78, 5) is 30.0. The number of imide groups is 1. The molecule has 0 atom stereocenters. The molecule has 4 rings (SSSR count). The molecule has 0 bridgehead atoms. The van der Waals surface area contributed by atoms with Crippen molar-refractivity contribution in [3.8, 4) is 0 Å². The van der Waals surface area contributed by atoms with Crippen LogP contribution in [0, 0.1) is 0 Å². The van der Waals surface area contributed by atoms with Crippen LogP contribution in [0.3, 0.4) is 0 Å². The molecule has 28 heavy (non-hydrogen) atoms. The highest BCUT2D eigenvalue weighted by Crippen LogP contribution is 2.41. The van der Waals surface area contributed by atoms with Crippen molar-refractivity contribution in [1.29, 1.82) is 0 Å². The molecule has 0 unspecified atom stereocenters. The van der Waals surface area contributed by atoms with E-state index in [1.165, 1.54) is 11.3 Å². The topological polar surface area (TPSA) is 52.7 Å². The molecule has 2 aliphatic rings. The van der Waals surface area contributed by atoms with Gasteiger partial charge in [-0.3, -0.25) is 14.5 Å². The second-order valence-corrected chi connectivity index (χ2v) is 7.78. The number of nitrogens with zero attached hydrogens (tertiary/aromatic N) is 2. The molecule has 0 spiro atoms. The number of amides is 2. The molecule has 1 N–H and O–H groups in total. The van der Waals surface area contributed by atoms with Crippen molar-refractivity contribution in [3.63, 3.8) is 0 Å². The average Bonchev–Trinajstić information content (AvgIpc) is 2.66. The zero-order chi connectivity index (χ0) is 19.7. The fraction of sp³-hybridized carbons (Fsp3) is 0.478. The molecule has 2 aliphatic heterocycles. The van der Waals surface area contributed by atoms with Crippen LogP contribution >= 0.6 is 0 Å². The number of nitrogens with one attached hydrogen (secondary N) is 1. The van der Waals surface area contributed by atoms with Gasteiger partial charge in [-0.25, -0.2) is 0 Å². The monoisotopic (exact) mass is 379 g/mol. The molecular formula is C23H29N3O2. The van der Waals surface area contributed by atoms with E-state index in [2.05, 4.69) is 30.1 Å². The van der Waals surface area contributed by atoms with Crippen molar-refractivity contribution >= 4 is 34.0 Å². The lowest BCUT2D eigenvalue weighted by Gasteiger charge is -2.36. The zero-order valence-corrected chi connectivity index (χ0v) is 16.9. The quantitative estimate of drug-likeness (QED) is 0.535. The predicted molar refractivity (Wildman–Crippen MR) is 114 cm³/mol. The second kappa shape index (κ2) is 7.82. The van der Waals surface area contributed by atoms with E-state index in [9.17, 15) is 9.59 Å². The number of benzene rings is 2. The third-order valence-electron chi connectivity index (χ3n) is 5.87. The molecule has 1 saturated heterocycles. The number of hydrogen-bond acceptors (Lipinski definition) is 4. The van der Waals surface area contributed by atoms with Gasteiger partial charge in [0.05, 0.1) is 0 Å². The first-order valence-electron chi connectivity index (χ1n) is 10.6.